The number of hydrogen-bond donors (Lipinski definition) is 2. The summed E-state index contributed by atoms with van der Waals surface area (Å²) in [6.07, 6.45) is -3.12. The summed E-state index contributed by atoms with van der Waals surface area (Å²) >= 11 is 1.73. The summed E-state index contributed by atoms with van der Waals surface area (Å²) in [6, 6.07) is 4.49. The van der Waals surface area contributed by atoms with Crippen molar-refractivity contribution in [3.63, 3.8) is 0 Å². The molecule has 0 radical (unpaired) electrons. The number of nitrogens with one attached hydrogen (secondary N) is 2. The number of rotatable bonds is 3. The number of aromatic nitrogens is 2. The Morgan fingerprint density at radius 2 is 2.04 bits per heavy atom. The van der Waals surface area contributed by atoms with Crippen LogP contribution in [0.15, 0.2) is 28.0 Å². The topological polar surface area (TPSA) is 64.5 Å². The number of nitriles is 1. The molecule has 0 atom stereocenters. The van der Waals surface area contributed by atoms with Crippen LogP contribution >= 0.6 is 23.3 Å². The largest absolute Gasteiger partial charge is 0.434 e. The second-order valence-corrected chi connectivity index (χ2v) is 6.27. The van der Waals surface area contributed by atoms with E-state index in [1.165, 1.54) is 18.3 Å². The molecule has 2 heterocycles. The van der Waals surface area contributed by atoms with Gasteiger partial charge in [0, 0.05) is 23.5 Å². The molecule has 0 unspecified atom stereocenters. The highest BCUT2D eigenvalue weighted by molar-refractivity contribution is 8.02. The number of alkyl halides is 3. The van der Waals surface area contributed by atoms with Gasteiger partial charge in [0.05, 0.1) is 22.2 Å². The first-order valence-corrected chi connectivity index (χ1v) is 8.75. The SMILES string of the molecule is CC.N#Cc1c[nH]c2c(NSc3nc(C(F)(F)F)cs3)ccc(F)c12. The van der Waals surface area contributed by atoms with Crippen molar-refractivity contribution in [2.24, 2.45) is 0 Å². The van der Waals surface area contributed by atoms with E-state index in [4.69, 9.17) is 5.26 Å². The fraction of sp³-hybridized carbons (Fsp3) is 0.200. The molecule has 10 heteroatoms. The molecule has 2 N–H and O–H groups in total. The van der Waals surface area contributed by atoms with Crippen molar-refractivity contribution >= 4 is 39.9 Å². The van der Waals surface area contributed by atoms with Gasteiger partial charge in [-0.15, -0.1) is 11.3 Å². The van der Waals surface area contributed by atoms with Crippen molar-refractivity contribution in [1.82, 2.24) is 9.97 Å². The molecule has 0 bridgehead atoms. The first kappa shape index (κ1) is 19.1. The number of anilines is 1. The van der Waals surface area contributed by atoms with Gasteiger partial charge >= 0.3 is 6.18 Å². The summed E-state index contributed by atoms with van der Waals surface area (Å²) in [5.74, 6) is -0.554. The maximum atomic E-state index is 13.8. The van der Waals surface area contributed by atoms with Crippen LogP contribution in [0.2, 0.25) is 0 Å². The minimum atomic E-state index is -4.49. The maximum absolute atomic E-state index is 13.8. The molecule has 2 aromatic heterocycles. The Labute approximate surface area is 149 Å². The van der Waals surface area contributed by atoms with E-state index in [2.05, 4.69) is 14.7 Å². The van der Waals surface area contributed by atoms with E-state index in [1.807, 2.05) is 19.9 Å². The van der Waals surface area contributed by atoms with Gasteiger partial charge in [-0.3, -0.25) is 0 Å². The number of H-pyrrole nitrogens is 1. The van der Waals surface area contributed by atoms with Crippen molar-refractivity contribution in [2.45, 2.75) is 24.4 Å². The van der Waals surface area contributed by atoms with Gasteiger partial charge in [-0.1, -0.05) is 13.8 Å². The van der Waals surface area contributed by atoms with Gasteiger partial charge in [0.25, 0.3) is 0 Å². The molecule has 1 aromatic carbocycles. The van der Waals surface area contributed by atoms with E-state index in [0.29, 0.717) is 11.2 Å². The number of aromatic amines is 1. The van der Waals surface area contributed by atoms with Gasteiger partial charge in [-0.2, -0.15) is 18.4 Å². The number of benzene rings is 1. The van der Waals surface area contributed by atoms with Crippen LogP contribution in [0.4, 0.5) is 23.2 Å². The van der Waals surface area contributed by atoms with E-state index in [1.54, 1.807) is 0 Å². The molecule has 0 saturated carbocycles. The lowest BCUT2D eigenvalue weighted by Gasteiger charge is -2.05. The number of nitrogens with zero attached hydrogens (tertiary/aromatic N) is 2. The quantitative estimate of drug-likeness (QED) is 0.440. The smallest absolute Gasteiger partial charge is 0.358 e. The molecule has 0 fully saturated rings. The zero-order valence-electron chi connectivity index (χ0n) is 13.0. The fourth-order valence-corrected chi connectivity index (χ4v) is 3.44. The molecule has 132 valence electrons. The predicted octanol–water partition coefficient (Wildman–Crippen LogP) is 5.80. The van der Waals surface area contributed by atoms with E-state index >= 15 is 0 Å². The molecule has 25 heavy (non-hydrogen) atoms. The number of hydrogen-bond acceptors (Lipinski definition) is 5. The van der Waals surface area contributed by atoms with Crippen LogP contribution in [0.25, 0.3) is 10.9 Å². The molecule has 3 aromatic rings. The first-order chi connectivity index (χ1) is 11.9. The van der Waals surface area contributed by atoms with Crippen LogP contribution in [0.5, 0.6) is 0 Å². The summed E-state index contributed by atoms with van der Waals surface area (Å²) < 4.78 is 54.3. The lowest BCUT2D eigenvalue weighted by atomic mass is 10.1. The molecular weight excluding hydrogens is 376 g/mol. The minimum Gasteiger partial charge on any atom is -0.358 e. The lowest BCUT2D eigenvalue weighted by Crippen LogP contribution is -2.04. The standard InChI is InChI=1S/C13H6F4N4S2.C2H6/c14-7-1-2-8(11-10(7)6(3-18)4-19-11)21-23-12-20-9(5-22-12)13(15,16)17;1-2/h1-2,4-5,19,21H;1-2H3. The van der Waals surface area contributed by atoms with Crippen LogP contribution in [-0.2, 0) is 6.18 Å². The number of fused-ring (bicyclic) bond motifs is 1. The second kappa shape index (κ2) is 7.76. The van der Waals surface area contributed by atoms with E-state index in [0.717, 1.165) is 28.7 Å². The molecular formula is C15H12F4N4S2. The third-order valence-corrected chi connectivity index (χ3v) is 4.69. The highest BCUT2D eigenvalue weighted by atomic mass is 32.2. The molecule has 0 aliphatic heterocycles. The highest BCUT2D eigenvalue weighted by Gasteiger charge is 2.33. The zero-order chi connectivity index (χ0) is 18.6. The van der Waals surface area contributed by atoms with Crippen molar-refractivity contribution in [2.75, 3.05) is 4.72 Å². The Hall–Kier alpha value is -2.25. The highest BCUT2D eigenvalue weighted by Crippen LogP contribution is 2.35. The fourth-order valence-electron chi connectivity index (χ4n) is 1.91. The normalized spacial score (nSPS) is 10.9. The van der Waals surface area contributed by atoms with Crippen molar-refractivity contribution in [3.8, 4) is 6.07 Å². The molecule has 0 aliphatic rings. The van der Waals surface area contributed by atoms with Crippen LogP contribution in [-0.4, -0.2) is 9.97 Å². The Kier molecular flexibility index (Phi) is 5.92. The van der Waals surface area contributed by atoms with Crippen LogP contribution < -0.4 is 4.72 Å². The Bertz CT molecular complexity index is 909. The van der Waals surface area contributed by atoms with Gasteiger partial charge in [0.2, 0.25) is 0 Å². The summed E-state index contributed by atoms with van der Waals surface area (Å²) in [5.41, 5.74) is 0.000703. The first-order valence-electron chi connectivity index (χ1n) is 7.05. The molecule has 4 nitrogen and oxygen atoms in total. The predicted molar refractivity (Wildman–Crippen MR) is 90.9 cm³/mol. The van der Waals surface area contributed by atoms with E-state index < -0.39 is 17.7 Å². The Morgan fingerprint density at radius 3 is 2.64 bits per heavy atom. The van der Waals surface area contributed by atoms with Crippen LogP contribution in [0.3, 0.4) is 0 Å². The van der Waals surface area contributed by atoms with Crippen molar-refractivity contribution in [3.05, 3.63) is 40.8 Å². The third-order valence-electron chi connectivity index (χ3n) is 2.93. The van der Waals surface area contributed by atoms with Crippen LogP contribution in [0, 0.1) is 17.1 Å². The number of thiazole rings is 1. The van der Waals surface area contributed by atoms with Gasteiger partial charge in [-0.05, 0) is 12.1 Å². The molecule has 0 saturated heterocycles. The zero-order valence-corrected chi connectivity index (χ0v) is 14.7. The number of halogens is 4. The lowest BCUT2D eigenvalue weighted by molar-refractivity contribution is -0.141. The Morgan fingerprint density at radius 1 is 1.32 bits per heavy atom. The maximum Gasteiger partial charge on any atom is 0.434 e. The summed E-state index contributed by atoms with van der Waals surface area (Å²) in [7, 11) is 0. The molecule has 0 aliphatic carbocycles. The average Bonchev–Trinajstić information content (AvgIpc) is 3.23. The minimum absolute atomic E-state index is 0.133. The summed E-state index contributed by atoms with van der Waals surface area (Å²) in [5, 5.41) is 10.0. The molecule has 0 spiro atoms. The summed E-state index contributed by atoms with van der Waals surface area (Å²) in [6.45, 7) is 4.00. The second-order valence-electron chi connectivity index (χ2n) is 4.36. The van der Waals surface area contributed by atoms with Crippen molar-refractivity contribution < 1.29 is 17.6 Å². The summed E-state index contributed by atoms with van der Waals surface area (Å²) in [4.78, 5) is 6.25. The Balaban J connectivity index is 0.00000109. The van der Waals surface area contributed by atoms with Crippen molar-refractivity contribution in [1.29, 1.82) is 5.26 Å². The third kappa shape index (κ3) is 4.05. The van der Waals surface area contributed by atoms with Gasteiger partial charge < -0.3 is 9.71 Å². The van der Waals surface area contributed by atoms with E-state index in [-0.39, 0.29) is 15.3 Å². The molecule has 3 rings (SSSR count). The van der Waals surface area contributed by atoms with Gasteiger partial charge in [0.1, 0.15) is 11.9 Å². The van der Waals surface area contributed by atoms with Crippen LogP contribution in [0.1, 0.15) is 25.1 Å². The van der Waals surface area contributed by atoms with Gasteiger partial charge in [0.15, 0.2) is 10.0 Å². The average molecular weight is 388 g/mol. The monoisotopic (exact) mass is 388 g/mol. The van der Waals surface area contributed by atoms with Gasteiger partial charge in [-0.25, -0.2) is 9.37 Å². The molecule has 0 amide bonds. The van der Waals surface area contributed by atoms with E-state index in [9.17, 15) is 17.6 Å².